The van der Waals surface area contributed by atoms with Gasteiger partial charge in [0.2, 0.25) is 5.91 Å². The van der Waals surface area contributed by atoms with E-state index in [-0.39, 0.29) is 12.0 Å². The second kappa shape index (κ2) is 5.53. The molecule has 3 rings (SSSR count). The fraction of sp³-hybridized carbons (Fsp3) is 0.471. The Hall–Kier alpha value is -1.81. The van der Waals surface area contributed by atoms with E-state index < -0.39 is 0 Å². The van der Waals surface area contributed by atoms with Crippen molar-refractivity contribution >= 4 is 16.8 Å². The molecule has 0 spiro atoms. The van der Waals surface area contributed by atoms with Crippen molar-refractivity contribution in [3.63, 3.8) is 0 Å². The van der Waals surface area contributed by atoms with Crippen LogP contribution in [0.25, 0.3) is 10.9 Å². The summed E-state index contributed by atoms with van der Waals surface area (Å²) >= 11 is 0. The number of fused-ring (bicyclic) bond motifs is 1. The number of nitrogens with zero attached hydrogens (tertiary/aromatic N) is 2. The SMILES string of the molecule is Cc1cc2ccccc2n1CC(=O)N(C)CC1CC(O)C1. The van der Waals surface area contributed by atoms with Gasteiger partial charge in [-0.25, -0.2) is 0 Å². The Kier molecular flexibility index (Phi) is 3.72. The van der Waals surface area contributed by atoms with E-state index in [1.54, 1.807) is 4.90 Å². The van der Waals surface area contributed by atoms with Gasteiger partial charge in [-0.1, -0.05) is 18.2 Å². The average Bonchev–Trinajstić information content (AvgIpc) is 2.73. The zero-order chi connectivity index (χ0) is 15.0. The van der Waals surface area contributed by atoms with Crippen LogP contribution in [0, 0.1) is 12.8 Å². The molecule has 1 aliphatic carbocycles. The number of aliphatic hydroxyl groups excluding tert-OH is 1. The van der Waals surface area contributed by atoms with Crippen molar-refractivity contribution in [2.24, 2.45) is 5.92 Å². The topological polar surface area (TPSA) is 45.5 Å². The third-order valence-electron chi connectivity index (χ3n) is 4.48. The van der Waals surface area contributed by atoms with Gasteiger partial charge in [0.15, 0.2) is 0 Å². The van der Waals surface area contributed by atoms with Crippen LogP contribution >= 0.6 is 0 Å². The summed E-state index contributed by atoms with van der Waals surface area (Å²) in [6.07, 6.45) is 1.49. The lowest BCUT2D eigenvalue weighted by Gasteiger charge is -2.34. The molecule has 1 fully saturated rings. The molecule has 1 aromatic carbocycles. The molecule has 112 valence electrons. The summed E-state index contributed by atoms with van der Waals surface area (Å²) in [5, 5.41) is 10.5. The van der Waals surface area contributed by atoms with Gasteiger partial charge in [0.05, 0.1) is 6.10 Å². The Morgan fingerprint density at radius 2 is 2.10 bits per heavy atom. The molecular formula is C17H22N2O2. The van der Waals surface area contributed by atoms with Crippen LogP contribution in [0.2, 0.25) is 0 Å². The van der Waals surface area contributed by atoms with Gasteiger partial charge in [-0.3, -0.25) is 4.79 Å². The summed E-state index contributed by atoms with van der Waals surface area (Å²) < 4.78 is 2.07. The smallest absolute Gasteiger partial charge is 0.242 e. The molecule has 1 saturated carbocycles. The number of hydrogen-bond donors (Lipinski definition) is 1. The maximum Gasteiger partial charge on any atom is 0.242 e. The first kappa shape index (κ1) is 14.1. The van der Waals surface area contributed by atoms with E-state index in [0.717, 1.165) is 30.6 Å². The Labute approximate surface area is 125 Å². The Morgan fingerprint density at radius 1 is 1.38 bits per heavy atom. The first-order chi connectivity index (χ1) is 10.0. The molecule has 1 N–H and O–H groups in total. The highest BCUT2D eigenvalue weighted by atomic mass is 16.3. The number of benzene rings is 1. The lowest BCUT2D eigenvalue weighted by Crippen LogP contribution is -2.40. The predicted molar refractivity (Wildman–Crippen MR) is 83.0 cm³/mol. The quantitative estimate of drug-likeness (QED) is 0.936. The van der Waals surface area contributed by atoms with E-state index in [1.807, 2.05) is 26.1 Å². The zero-order valence-electron chi connectivity index (χ0n) is 12.6. The molecule has 0 unspecified atom stereocenters. The Balaban J connectivity index is 1.69. The second-order valence-corrected chi connectivity index (χ2v) is 6.20. The van der Waals surface area contributed by atoms with E-state index in [2.05, 4.69) is 22.8 Å². The highest BCUT2D eigenvalue weighted by molar-refractivity contribution is 5.84. The third-order valence-corrected chi connectivity index (χ3v) is 4.48. The van der Waals surface area contributed by atoms with Crippen molar-refractivity contribution in [3.05, 3.63) is 36.0 Å². The molecule has 1 aliphatic rings. The van der Waals surface area contributed by atoms with Crippen LogP contribution in [0.1, 0.15) is 18.5 Å². The minimum Gasteiger partial charge on any atom is -0.393 e. The van der Waals surface area contributed by atoms with E-state index >= 15 is 0 Å². The van der Waals surface area contributed by atoms with E-state index in [0.29, 0.717) is 12.5 Å². The van der Waals surface area contributed by atoms with Crippen LogP contribution in [0.5, 0.6) is 0 Å². The normalized spacial score (nSPS) is 21.3. The highest BCUT2D eigenvalue weighted by Gasteiger charge is 2.29. The van der Waals surface area contributed by atoms with Crippen LogP contribution < -0.4 is 0 Å². The number of amides is 1. The number of carbonyl (C=O) groups excluding carboxylic acids is 1. The van der Waals surface area contributed by atoms with Crippen molar-refractivity contribution in [3.8, 4) is 0 Å². The number of rotatable bonds is 4. The monoisotopic (exact) mass is 286 g/mol. The maximum absolute atomic E-state index is 12.4. The van der Waals surface area contributed by atoms with Gasteiger partial charge in [-0.15, -0.1) is 0 Å². The van der Waals surface area contributed by atoms with Crippen LogP contribution in [0.3, 0.4) is 0 Å². The molecule has 0 atom stereocenters. The summed E-state index contributed by atoms with van der Waals surface area (Å²) in [5.41, 5.74) is 2.22. The molecule has 0 radical (unpaired) electrons. The molecule has 1 aromatic heterocycles. The zero-order valence-corrected chi connectivity index (χ0v) is 12.6. The lowest BCUT2D eigenvalue weighted by molar-refractivity contribution is -0.132. The van der Waals surface area contributed by atoms with Gasteiger partial charge in [0, 0.05) is 24.8 Å². The fourth-order valence-electron chi connectivity index (χ4n) is 3.15. The van der Waals surface area contributed by atoms with Crippen molar-refractivity contribution in [2.45, 2.75) is 32.4 Å². The molecule has 4 heteroatoms. The standard InChI is InChI=1S/C17H22N2O2/c1-12-7-14-5-3-4-6-16(14)19(12)11-17(21)18(2)10-13-8-15(20)9-13/h3-7,13,15,20H,8-11H2,1-2H3. The van der Waals surface area contributed by atoms with E-state index in [4.69, 9.17) is 0 Å². The van der Waals surface area contributed by atoms with Crippen LogP contribution in [-0.4, -0.2) is 40.2 Å². The van der Waals surface area contributed by atoms with Crippen molar-refractivity contribution in [1.29, 1.82) is 0 Å². The van der Waals surface area contributed by atoms with E-state index in [9.17, 15) is 9.90 Å². The number of hydrogen-bond acceptors (Lipinski definition) is 2. The minimum absolute atomic E-state index is 0.126. The van der Waals surface area contributed by atoms with Crippen molar-refractivity contribution in [2.75, 3.05) is 13.6 Å². The highest BCUT2D eigenvalue weighted by Crippen LogP contribution is 2.27. The molecule has 4 nitrogen and oxygen atoms in total. The summed E-state index contributed by atoms with van der Waals surface area (Å²) in [4.78, 5) is 14.2. The number of carbonyl (C=O) groups is 1. The number of aryl methyl sites for hydroxylation is 1. The number of para-hydroxylation sites is 1. The van der Waals surface area contributed by atoms with Gasteiger partial charge >= 0.3 is 0 Å². The lowest BCUT2D eigenvalue weighted by atomic mass is 9.82. The molecule has 0 aliphatic heterocycles. The summed E-state index contributed by atoms with van der Waals surface area (Å²) in [5.74, 6) is 0.581. The van der Waals surface area contributed by atoms with Gasteiger partial charge in [0.25, 0.3) is 0 Å². The van der Waals surface area contributed by atoms with Crippen LogP contribution in [0.4, 0.5) is 0 Å². The second-order valence-electron chi connectivity index (χ2n) is 6.20. The summed E-state index contributed by atoms with van der Waals surface area (Å²) in [7, 11) is 1.86. The first-order valence-corrected chi connectivity index (χ1v) is 7.51. The number of aliphatic hydroxyl groups is 1. The average molecular weight is 286 g/mol. The molecular weight excluding hydrogens is 264 g/mol. The molecule has 0 saturated heterocycles. The fourth-order valence-corrected chi connectivity index (χ4v) is 3.15. The minimum atomic E-state index is -0.158. The largest absolute Gasteiger partial charge is 0.393 e. The molecule has 0 bridgehead atoms. The van der Waals surface area contributed by atoms with Crippen LogP contribution in [0.15, 0.2) is 30.3 Å². The summed E-state index contributed by atoms with van der Waals surface area (Å²) in [6, 6.07) is 10.3. The van der Waals surface area contributed by atoms with Gasteiger partial charge in [0.1, 0.15) is 6.54 Å². The number of likely N-dealkylation sites (N-methyl/N-ethyl adjacent to an activating group) is 1. The summed E-state index contributed by atoms with van der Waals surface area (Å²) in [6.45, 7) is 3.16. The van der Waals surface area contributed by atoms with Gasteiger partial charge in [-0.2, -0.15) is 0 Å². The van der Waals surface area contributed by atoms with Crippen molar-refractivity contribution in [1.82, 2.24) is 9.47 Å². The first-order valence-electron chi connectivity index (χ1n) is 7.51. The Morgan fingerprint density at radius 3 is 2.81 bits per heavy atom. The van der Waals surface area contributed by atoms with Crippen LogP contribution in [-0.2, 0) is 11.3 Å². The molecule has 1 heterocycles. The molecule has 1 amide bonds. The Bertz CT molecular complexity index is 656. The number of aromatic nitrogens is 1. The maximum atomic E-state index is 12.4. The van der Waals surface area contributed by atoms with Gasteiger partial charge in [-0.05, 0) is 43.2 Å². The predicted octanol–water partition coefficient (Wildman–Crippen LogP) is 2.18. The van der Waals surface area contributed by atoms with Gasteiger partial charge < -0.3 is 14.6 Å². The molecule has 21 heavy (non-hydrogen) atoms. The van der Waals surface area contributed by atoms with E-state index in [1.165, 1.54) is 5.39 Å². The van der Waals surface area contributed by atoms with Crippen molar-refractivity contribution < 1.29 is 9.90 Å². The molecule has 2 aromatic rings. The third kappa shape index (κ3) is 2.81.